The fraction of sp³-hybridized carbons (Fsp3) is 0.647. The van der Waals surface area contributed by atoms with Crippen LogP contribution in [0.3, 0.4) is 0 Å². The van der Waals surface area contributed by atoms with Crippen LogP contribution in [0.15, 0.2) is 24.3 Å². The minimum Gasteiger partial charge on any atom is -0.493 e. The molecule has 1 unspecified atom stereocenters. The summed E-state index contributed by atoms with van der Waals surface area (Å²) in [4.78, 5) is 0. The molecule has 0 radical (unpaired) electrons. The highest BCUT2D eigenvalue weighted by molar-refractivity contribution is 5.34. The largest absolute Gasteiger partial charge is 0.493 e. The molecule has 0 heterocycles. The Labute approximate surface area is 117 Å². The van der Waals surface area contributed by atoms with Gasteiger partial charge in [0, 0.05) is 5.56 Å². The molecule has 2 nitrogen and oxygen atoms in total. The van der Waals surface area contributed by atoms with Gasteiger partial charge in [0.25, 0.3) is 0 Å². The van der Waals surface area contributed by atoms with Gasteiger partial charge in [0.2, 0.25) is 0 Å². The lowest BCUT2D eigenvalue weighted by molar-refractivity contribution is 0.190. The summed E-state index contributed by atoms with van der Waals surface area (Å²) in [5, 5.41) is 9.65. The number of unbranched alkanes of at least 4 members (excludes halogenated alkanes) is 6. The van der Waals surface area contributed by atoms with E-state index in [0.717, 1.165) is 24.3 Å². The maximum absolute atomic E-state index is 9.65. The molecule has 108 valence electrons. The van der Waals surface area contributed by atoms with Crippen LogP contribution in [0.1, 0.15) is 70.5 Å². The Kier molecular flexibility index (Phi) is 8.31. The average molecular weight is 264 g/mol. The van der Waals surface area contributed by atoms with Crippen molar-refractivity contribution in [3.8, 4) is 5.75 Å². The van der Waals surface area contributed by atoms with E-state index in [9.17, 15) is 5.11 Å². The number of hydrogen-bond acceptors (Lipinski definition) is 2. The lowest BCUT2D eigenvalue weighted by atomic mass is 10.1. The molecule has 0 saturated heterocycles. The van der Waals surface area contributed by atoms with Gasteiger partial charge in [-0.05, 0) is 19.4 Å². The zero-order chi connectivity index (χ0) is 13.9. The molecule has 0 saturated carbocycles. The molecule has 0 amide bonds. The van der Waals surface area contributed by atoms with Crippen LogP contribution in [0.25, 0.3) is 0 Å². The van der Waals surface area contributed by atoms with Crippen molar-refractivity contribution in [1.29, 1.82) is 0 Å². The molecule has 19 heavy (non-hydrogen) atoms. The van der Waals surface area contributed by atoms with Gasteiger partial charge >= 0.3 is 0 Å². The van der Waals surface area contributed by atoms with Crippen molar-refractivity contribution in [3.63, 3.8) is 0 Å². The summed E-state index contributed by atoms with van der Waals surface area (Å²) in [5.74, 6) is 0.823. The molecule has 1 atom stereocenters. The number of ether oxygens (including phenoxy) is 1. The lowest BCUT2D eigenvalue weighted by Crippen LogP contribution is -2.02. The van der Waals surface area contributed by atoms with Gasteiger partial charge in [-0.15, -0.1) is 0 Å². The van der Waals surface area contributed by atoms with E-state index in [-0.39, 0.29) is 0 Å². The Hall–Kier alpha value is -1.02. The normalized spacial score (nSPS) is 12.4. The predicted molar refractivity (Wildman–Crippen MR) is 80.6 cm³/mol. The summed E-state index contributed by atoms with van der Waals surface area (Å²) < 4.78 is 5.77. The van der Waals surface area contributed by atoms with Gasteiger partial charge in [0.1, 0.15) is 5.75 Å². The lowest BCUT2D eigenvalue weighted by Gasteiger charge is -2.13. The van der Waals surface area contributed by atoms with Gasteiger partial charge in [0.15, 0.2) is 0 Å². The molecule has 0 fully saturated rings. The van der Waals surface area contributed by atoms with Crippen molar-refractivity contribution in [1.82, 2.24) is 0 Å². The minimum absolute atomic E-state index is 0.467. The topological polar surface area (TPSA) is 29.5 Å². The van der Waals surface area contributed by atoms with Crippen LogP contribution >= 0.6 is 0 Å². The second kappa shape index (κ2) is 9.85. The Balaban J connectivity index is 2.16. The third kappa shape index (κ3) is 6.63. The summed E-state index contributed by atoms with van der Waals surface area (Å²) in [7, 11) is 0. The average Bonchev–Trinajstić information content (AvgIpc) is 2.42. The van der Waals surface area contributed by atoms with E-state index >= 15 is 0 Å². The first-order valence-corrected chi connectivity index (χ1v) is 7.65. The number of benzene rings is 1. The maximum Gasteiger partial charge on any atom is 0.125 e. The zero-order valence-corrected chi connectivity index (χ0v) is 12.4. The smallest absolute Gasteiger partial charge is 0.125 e. The Morgan fingerprint density at radius 3 is 2.32 bits per heavy atom. The fourth-order valence-corrected chi connectivity index (χ4v) is 2.20. The van der Waals surface area contributed by atoms with Gasteiger partial charge < -0.3 is 9.84 Å². The van der Waals surface area contributed by atoms with E-state index in [1.165, 1.54) is 38.5 Å². The third-order valence-corrected chi connectivity index (χ3v) is 3.37. The summed E-state index contributed by atoms with van der Waals surface area (Å²) in [5.41, 5.74) is 0.880. The second-order valence-electron chi connectivity index (χ2n) is 5.18. The first-order chi connectivity index (χ1) is 9.25. The van der Waals surface area contributed by atoms with Crippen LogP contribution in [0, 0.1) is 0 Å². The van der Waals surface area contributed by atoms with E-state index < -0.39 is 6.10 Å². The minimum atomic E-state index is -0.467. The number of rotatable bonds is 10. The molecule has 0 aliphatic heterocycles. The Bertz CT molecular complexity index is 334. The molecule has 0 spiro atoms. The van der Waals surface area contributed by atoms with E-state index in [1.54, 1.807) is 6.92 Å². The number of hydrogen-bond donors (Lipinski definition) is 1. The van der Waals surface area contributed by atoms with Crippen LogP contribution < -0.4 is 4.74 Å². The molecule has 0 bridgehead atoms. The van der Waals surface area contributed by atoms with Crippen molar-refractivity contribution in [2.24, 2.45) is 0 Å². The van der Waals surface area contributed by atoms with Crippen LogP contribution in [-0.2, 0) is 0 Å². The fourth-order valence-electron chi connectivity index (χ4n) is 2.20. The molecule has 0 aliphatic rings. The van der Waals surface area contributed by atoms with E-state index in [0.29, 0.717) is 0 Å². The van der Waals surface area contributed by atoms with E-state index in [4.69, 9.17) is 4.74 Å². The van der Waals surface area contributed by atoms with Crippen LogP contribution in [0.4, 0.5) is 0 Å². The monoisotopic (exact) mass is 264 g/mol. The zero-order valence-electron chi connectivity index (χ0n) is 12.4. The predicted octanol–water partition coefficient (Wildman–Crippen LogP) is 4.87. The van der Waals surface area contributed by atoms with Crippen LogP contribution in [0.2, 0.25) is 0 Å². The van der Waals surface area contributed by atoms with Crippen molar-refractivity contribution in [3.05, 3.63) is 29.8 Å². The molecular formula is C17H28O2. The van der Waals surface area contributed by atoms with Crippen LogP contribution in [-0.4, -0.2) is 11.7 Å². The van der Waals surface area contributed by atoms with Gasteiger partial charge in [-0.1, -0.05) is 63.6 Å². The molecule has 0 aromatic heterocycles. The molecule has 2 heteroatoms. The highest BCUT2D eigenvalue weighted by Gasteiger charge is 2.07. The van der Waals surface area contributed by atoms with Crippen molar-refractivity contribution in [2.75, 3.05) is 6.61 Å². The summed E-state index contributed by atoms with van der Waals surface area (Å²) in [6.45, 7) is 4.76. The molecule has 1 N–H and O–H groups in total. The van der Waals surface area contributed by atoms with Gasteiger partial charge in [-0.25, -0.2) is 0 Å². The molecule has 1 rings (SSSR count). The van der Waals surface area contributed by atoms with Gasteiger partial charge in [0.05, 0.1) is 12.7 Å². The number of aliphatic hydroxyl groups excluding tert-OH is 1. The summed E-state index contributed by atoms with van der Waals surface area (Å²) >= 11 is 0. The van der Waals surface area contributed by atoms with Gasteiger partial charge in [-0.2, -0.15) is 0 Å². The summed E-state index contributed by atoms with van der Waals surface area (Å²) in [6, 6.07) is 7.74. The standard InChI is InChI=1S/C17H28O2/c1-3-4-5-6-7-8-11-14-19-17-13-10-9-12-16(17)15(2)18/h9-10,12-13,15,18H,3-8,11,14H2,1-2H3. The molecular weight excluding hydrogens is 236 g/mol. The Morgan fingerprint density at radius 2 is 1.63 bits per heavy atom. The highest BCUT2D eigenvalue weighted by atomic mass is 16.5. The van der Waals surface area contributed by atoms with Crippen LogP contribution in [0.5, 0.6) is 5.75 Å². The number of aliphatic hydroxyl groups is 1. The first kappa shape index (κ1) is 16.0. The quantitative estimate of drug-likeness (QED) is 0.611. The highest BCUT2D eigenvalue weighted by Crippen LogP contribution is 2.24. The molecule has 1 aromatic rings. The first-order valence-electron chi connectivity index (χ1n) is 7.65. The summed E-state index contributed by atoms with van der Waals surface area (Å²) in [6.07, 6.45) is 8.55. The third-order valence-electron chi connectivity index (χ3n) is 3.37. The van der Waals surface area contributed by atoms with E-state index in [1.807, 2.05) is 24.3 Å². The maximum atomic E-state index is 9.65. The van der Waals surface area contributed by atoms with Crippen molar-refractivity contribution in [2.45, 2.75) is 64.9 Å². The van der Waals surface area contributed by atoms with Crippen molar-refractivity contribution < 1.29 is 9.84 Å². The number of para-hydroxylation sites is 1. The van der Waals surface area contributed by atoms with E-state index in [2.05, 4.69) is 6.92 Å². The molecule has 0 aliphatic carbocycles. The Morgan fingerprint density at radius 1 is 1.00 bits per heavy atom. The second-order valence-corrected chi connectivity index (χ2v) is 5.18. The molecule has 1 aromatic carbocycles. The van der Waals surface area contributed by atoms with Gasteiger partial charge in [-0.3, -0.25) is 0 Å². The van der Waals surface area contributed by atoms with Crippen molar-refractivity contribution >= 4 is 0 Å². The SMILES string of the molecule is CCCCCCCCCOc1ccccc1C(C)O.